The molecule has 0 saturated carbocycles. The summed E-state index contributed by atoms with van der Waals surface area (Å²) in [6, 6.07) is 4.43. The number of nitrogens with zero attached hydrogens (tertiary/aromatic N) is 2. The van der Waals surface area contributed by atoms with Crippen LogP contribution in [-0.2, 0) is 4.79 Å². The zero-order valence-electron chi connectivity index (χ0n) is 14.5. The molecular formula is C18H22N4O3. The van der Waals surface area contributed by atoms with Crippen molar-refractivity contribution in [3.8, 4) is 5.75 Å². The van der Waals surface area contributed by atoms with Gasteiger partial charge in [-0.1, -0.05) is 12.1 Å². The number of pyridine rings is 1. The minimum atomic E-state index is -0.599. The molecule has 1 aromatic heterocycles. The van der Waals surface area contributed by atoms with Gasteiger partial charge in [-0.15, -0.1) is 0 Å². The number of hydrogen-bond acceptors (Lipinski definition) is 5. The van der Waals surface area contributed by atoms with E-state index in [9.17, 15) is 14.7 Å². The van der Waals surface area contributed by atoms with Crippen LogP contribution < -0.4 is 11.1 Å². The first-order chi connectivity index (χ1) is 11.8. The van der Waals surface area contributed by atoms with Gasteiger partial charge in [0.05, 0.1) is 0 Å². The highest BCUT2D eigenvalue weighted by molar-refractivity contribution is 5.99. The van der Waals surface area contributed by atoms with E-state index in [4.69, 9.17) is 5.73 Å². The number of aryl methyl sites for hydroxylation is 2. The summed E-state index contributed by atoms with van der Waals surface area (Å²) >= 11 is 0. The first kappa shape index (κ1) is 17.2. The van der Waals surface area contributed by atoms with Crippen LogP contribution in [0.25, 0.3) is 10.9 Å². The number of likely N-dealkylation sites (N-methyl/N-ethyl adjacent to an activating group) is 1. The summed E-state index contributed by atoms with van der Waals surface area (Å²) in [5.41, 5.74) is 8.20. The van der Waals surface area contributed by atoms with Crippen LogP contribution >= 0.6 is 0 Å². The van der Waals surface area contributed by atoms with Gasteiger partial charge in [0.25, 0.3) is 5.91 Å². The molecular weight excluding hydrogens is 320 g/mol. The van der Waals surface area contributed by atoms with E-state index in [1.165, 1.54) is 11.9 Å². The van der Waals surface area contributed by atoms with E-state index in [0.29, 0.717) is 24.0 Å². The molecule has 0 aliphatic carbocycles. The Hall–Kier alpha value is -2.67. The van der Waals surface area contributed by atoms with Gasteiger partial charge in [-0.05, 0) is 37.5 Å². The highest BCUT2D eigenvalue weighted by atomic mass is 16.3. The predicted molar refractivity (Wildman–Crippen MR) is 94.4 cm³/mol. The van der Waals surface area contributed by atoms with E-state index in [1.807, 2.05) is 13.0 Å². The van der Waals surface area contributed by atoms with Crippen molar-refractivity contribution in [3.05, 3.63) is 35.0 Å². The van der Waals surface area contributed by atoms with Crippen molar-refractivity contribution in [2.24, 2.45) is 5.73 Å². The van der Waals surface area contributed by atoms with Crippen molar-refractivity contribution in [2.45, 2.75) is 32.4 Å². The molecule has 3 rings (SSSR count). The average Bonchev–Trinajstić information content (AvgIpc) is 2.99. The molecule has 0 bridgehead atoms. The molecule has 2 heterocycles. The molecule has 7 nitrogen and oxygen atoms in total. The van der Waals surface area contributed by atoms with E-state index in [0.717, 1.165) is 10.9 Å². The van der Waals surface area contributed by atoms with Gasteiger partial charge in [-0.25, -0.2) is 4.98 Å². The number of carbonyl (C=O) groups is 2. The second-order valence-electron chi connectivity index (χ2n) is 6.53. The lowest BCUT2D eigenvalue weighted by molar-refractivity contribution is -0.124. The number of carbonyl (C=O) groups excluding carboxylic acids is 2. The molecule has 1 aromatic carbocycles. The number of nitrogens with two attached hydrogens (primary N) is 1. The summed E-state index contributed by atoms with van der Waals surface area (Å²) in [5.74, 6) is -0.533. The van der Waals surface area contributed by atoms with Crippen LogP contribution in [0.3, 0.4) is 0 Å². The molecule has 1 saturated heterocycles. The molecule has 132 valence electrons. The maximum Gasteiger partial charge on any atom is 0.273 e. The highest BCUT2D eigenvalue weighted by Gasteiger charge is 2.38. The number of nitrogens with one attached hydrogen (secondary N) is 1. The van der Waals surface area contributed by atoms with E-state index in [2.05, 4.69) is 10.3 Å². The fourth-order valence-corrected chi connectivity index (χ4v) is 3.39. The zero-order valence-corrected chi connectivity index (χ0v) is 14.5. The van der Waals surface area contributed by atoms with Gasteiger partial charge >= 0.3 is 0 Å². The summed E-state index contributed by atoms with van der Waals surface area (Å²) in [7, 11) is 1.53. The number of benzene rings is 1. The third kappa shape index (κ3) is 2.91. The van der Waals surface area contributed by atoms with Gasteiger partial charge in [0.2, 0.25) is 5.91 Å². The molecule has 7 heteroatoms. The number of rotatable bonds is 2. The molecule has 2 aromatic rings. The Morgan fingerprint density at radius 1 is 1.32 bits per heavy atom. The molecule has 25 heavy (non-hydrogen) atoms. The number of phenols is 1. The fraction of sp³-hybridized carbons (Fsp3) is 0.389. The van der Waals surface area contributed by atoms with Crippen LogP contribution in [0.4, 0.5) is 0 Å². The van der Waals surface area contributed by atoms with Crippen molar-refractivity contribution in [3.63, 3.8) is 0 Å². The molecule has 1 aliphatic rings. The SMILES string of the molecule is CNC(=O)[C@@H]1C[C@H](N)CN1C(=O)c1ccc2c(C)cc(C)c(O)c2n1. The van der Waals surface area contributed by atoms with Gasteiger partial charge in [0, 0.05) is 25.0 Å². The van der Waals surface area contributed by atoms with Crippen molar-refractivity contribution in [1.29, 1.82) is 0 Å². The second-order valence-corrected chi connectivity index (χ2v) is 6.53. The summed E-state index contributed by atoms with van der Waals surface area (Å²) in [6.45, 7) is 4.02. The number of aromatic nitrogens is 1. The number of aromatic hydroxyl groups is 1. The summed E-state index contributed by atoms with van der Waals surface area (Å²) in [4.78, 5) is 30.8. The van der Waals surface area contributed by atoms with E-state index in [-0.39, 0.29) is 29.3 Å². The van der Waals surface area contributed by atoms with Gasteiger partial charge < -0.3 is 21.1 Å². The van der Waals surface area contributed by atoms with Crippen molar-refractivity contribution >= 4 is 22.7 Å². The maximum atomic E-state index is 12.9. The van der Waals surface area contributed by atoms with E-state index in [1.54, 1.807) is 19.1 Å². The largest absolute Gasteiger partial charge is 0.505 e. The molecule has 1 fully saturated rings. The molecule has 2 amide bonds. The monoisotopic (exact) mass is 342 g/mol. The minimum absolute atomic E-state index is 0.0659. The average molecular weight is 342 g/mol. The third-order valence-electron chi connectivity index (χ3n) is 4.71. The summed E-state index contributed by atoms with van der Waals surface area (Å²) < 4.78 is 0. The predicted octanol–water partition coefficient (Wildman–Crippen LogP) is 0.845. The smallest absolute Gasteiger partial charge is 0.273 e. The first-order valence-corrected chi connectivity index (χ1v) is 8.21. The van der Waals surface area contributed by atoms with E-state index < -0.39 is 6.04 Å². The van der Waals surface area contributed by atoms with Crippen LogP contribution in [0.5, 0.6) is 5.75 Å². The van der Waals surface area contributed by atoms with Crippen LogP contribution in [-0.4, -0.2) is 52.5 Å². The Morgan fingerprint density at radius 2 is 2.04 bits per heavy atom. The van der Waals surface area contributed by atoms with Crippen LogP contribution in [0.15, 0.2) is 18.2 Å². The lowest BCUT2D eigenvalue weighted by Crippen LogP contribution is -2.45. The number of hydrogen-bond donors (Lipinski definition) is 3. The second kappa shape index (κ2) is 6.33. The number of fused-ring (bicyclic) bond motifs is 1. The number of phenolic OH excluding ortho intramolecular Hbond substituents is 1. The van der Waals surface area contributed by atoms with Crippen molar-refractivity contribution in [2.75, 3.05) is 13.6 Å². The van der Waals surface area contributed by atoms with Gasteiger partial charge in [0.15, 0.2) is 0 Å². The molecule has 0 spiro atoms. The van der Waals surface area contributed by atoms with Crippen LogP contribution in [0.1, 0.15) is 28.0 Å². The fourth-order valence-electron chi connectivity index (χ4n) is 3.39. The minimum Gasteiger partial charge on any atom is -0.505 e. The summed E-state index contributed by atoms with van der Waals surface area (Å²) in [6.07, 6.45) is 0.419. The molecule has 0 radical (unpaired) electrons. The Balaban J connectivity index is 2.02. The highest BCUT2D eigenvalue weighted by Crippen LogP contribution is 2.30. The van der Waals surface area contributed by atoms with Crippen LogP contribution in [0.2, 0.25) is 0 Å². The zero-order chi connectivity index (χ0) is 18.3. The Kier molecular flexibility index (Phi) is 4.34. The molecule has 1 aliphatic heterocycles. The van der Waals surface area contributed by atoms with Gasteiger partial charge in [0.1, 0.15) is 23.0 Å². The maximum absolute atomic E-state index is 12.9. The summed E-state index contributed by atoms with van der Waals surface area (Å²) in [5, 5.41) is 13.7. The first-order valence-electron chi connectivity index (χ1n) is 8.21. The Bertz CT molecular complexity index is 865. The number of likely N-dealkylation sites (tertiary alicyclic amines) is 1. The quantitative estimate of drug-likeness (QED) is 0.749. The molecule has 2 atom stereocenters. The molecule has 4 N–H and O–H groups in total. The number of amides is 2. The lowest BCUT2D eigenvalue weighted by atomic mass is 10.0. The topological polar surface area (TPSA) is 109 Å². The van der Waals surface area contributed by atoms with Gasteiger partial charge in [-0.2, -0.15) is 0 Å². The standard InChI is InChI=1S/C18H22N4O3/c1-9-6-10(2)16(23)15-12(9)4-5-13(21-15)18(25)22-8-11(19)7-14(22)17(24)20-3/h4-6,11,14,23H,7-8,19H2,1-3H3,(H,20,24)/t11-,14-/m0/s1. The lowest BCUT2D eigenvalue weighted by Gasteiger charge is -2.23. The third-order valence-corrected chi connectivity index (χ3v) is 4.71. The van der Waals surface area contributed by atoms with Crippen LogP contribution in [0, 0.1) is 13.8 Å². The van der Waals surface area contributed by atoms with Crippen molar-refractivity contribution in [1.82, 2.24) is 15.2 Å². The van der Waals surface area contributed by atoms with E-state index >= 15 is 0 Å². The van der Waals surface area contributed by atoms with Gasteiger partial charge in [-0.3, -0.25) is 9.59 Å². The Labute approximate surface area is 145 Å². The van der Waals surface area contributed by atoms with Crippen molar-refractivity contribution < 1.29 is 14.7 Å². The normalized spacial score (nSPS) is 20.1. The molecule has 0 unspecified atom stereocenters. The Morgan fingerprint density at radius 3 is 2.72 bits per heavy atom.